The van der Waals surface area contributed by atoms with Gasteiger partial charge in [-0.25, -0.2) is 9.46 Å². The zero-order valence-corrected chi connectivity index (χ0v) is 40.7. The van der Waals surface area contributed by atoms with E-state index in [1.165, 1.54) is 11.6 Å². The van der Waals surface area contributed by atoms with E-state index in [9.17, 15) is 19.6 Å². The van der Waals surface area contributed by atoms with Gasteiger partial charge < -0.3 is 43.4 Å². The first kappa shape index (κ1) is 51.4. The Morgan fingerprint density at radius 3 is 1.97 bits per heavy atom. The van der Waals surface area contributed by atoms with E-state index in [2.05, 4.69) is 26.4 Å². The summed E-state index contributed by atoms with van der Waals surface area (Å²) in [5.41, 5.74) is 1.20. The van der Waals surface area contributed by atoms with Crippen molar-refractivity contribution in [2.24, 2.45) is 0 Å². The number of aromatic nitrogens is 2. The maximum atomic E-state index is 14.3. The molecule has 68 heavy (non-hydrogen) atoms. The molecule has 6 rings (SSSR count). The average Bonchev–Trinajstić information content (AvgIpc) is 3.68. The molecule has 1 aromatic heterocycles. The molecule has 2 N–H and O–H groups in total. The third-order valence-electron chi connectivity index (χ3n) is 11.4. The maximum Gasteiger partial charge on any atom is 0.351 e. The molecule has 0 saturated carbocycles. The van der Waals surface area contributed by atoms with Crippen molar-refractivity contribution in [3.05, 3.63) is 154 Å². The second kappa shape index (κ2) is 24.3. The predicted molar refractivity (Wildman–Crippen MR) is 258 cm³/mol. The number of nitriles is 1. The summed E-state index contributed by atoms with van der Waals surface area (Å²) in [6, 6.07) is 35.7. The third kappa shape index (κ3) is 12.2. The standard InChI is InChI=1S/C51H61N6O10P/c1-34(2)57(35(3)4)68(65-30-15-29-52)67-45-43(33-64-51(38-18-13-10-14-19-38,39-20-24-41(61-7)25-21-39)40-22-26-42(62-8)27-23-40)66-49(46(45)63-31-28-44(58)53-6)56-32-36(5)47(55-50(56)60)54-48(59)37-16-11-9-12-17-37/h9-14,16-27,32,34-35,43,45-46,49H,15,28,30-31,33H2,1-8H3,(H,53,58)(H,54,55,59,60)/t43-,45-,46-,49-,68?/m1/s1. The van der Waals surface area contributed by atoms with E-state index in [0.717, 1.165) is 16.7 Å². The lowest BCUT2D eigenvalue weighted by molar-refractivity contribution is -0.124. The van der Waals surface area contributed by atoms with Crippen LogP contribution in [0.3, 0.4) is 0 Å². The number of hydrogen-bond acceptors (Lipinski definition) is 13. The van der Waals surface area contributed by atoms with Crippen LogP contribution >= 0.6 is 8.53 Å². The van der Waals surface area contributed by atoms with Crippen LogP contribution in [0.5, 0.6) is 11.5 Å². The first-order chi connectivity index (χ1) is 32.8. The second-order valence-electron chi connectivity index (χ2n) is 16.5. The highest BCUT2D eigenvalue weighted by Gasteiger charge is 2.52. The van der Waals surface area contributed by atoms with E-state index in [1.54, 1.807) is 57.7 Å². The zero-order valence-electron chi connectivity index (χ0n) is 39.8. The van der Waals surface area contributed by atoms with Gasteiger partial charge in [-0.3, -0.25) is 14.2 Å². The van der Waals surface area contributed by atoms with Gasteiger partial charge in [-0.2, -0.15) is 10.2 Å². The summed E-state index contributed by atoms with van der Waals surface area (Å²) >= 11 is 0. The smallest absolute Gasteiger partial charge is 0.351 e. The average molecular weight is 949 g/mol. The Morgan fingerprint density at radius 1 is 0.853 bits per heavy atom. The van der Waals surface area contributed by atoms with Gasteiger partial charge >= 0.3 is 5.69 Å². The Labute approximate surface area is 399 Å². The van der Waals surface area contributed by atoms with Gasteiger partial charge in [0, 0.05) is 42.9 Å². The Morgan fingerprint density at radius 2 is 1.43 bits per heavy atom. The molecular weight excluding hydrogens is 888 g/mol. The Hall–Kier alpha value is -6.02. The molecule has 1 fully saturated rings. The number of ether oxygens (including phenoxy) is 5. The molecule has 17 heteroatoms. The monoisotopic (exact) mass is 948 g/mol. The first-order valence-electron chi connectivity index (χ1n) is 22.5. The van der Waals surface area contributed by atoms with Crippen molar-refractivity contribution < 1.29 is 42.3 Å². The van der Waals surface area contributed by atoms with Crippen molar-refractivity contribution in [2.45, 2.75) is 89.7 Å². The molecule has 2 heterocycles. The molecule has 5 atom stereocenters. The fourth-order valence-electron chi connectivity index (χ4n) is 8.11. The molecule has 1 aliphatic heterocycles. The molecular formula is C51H61N6O10P. The Bertz CT molecular complexity index is 2450. The number of nitrogens with zero attached hydrogens (tertiary/aromatic N) is 4. The van der Waals surface area contributed by atoms with Gasteiger partial charge in [0.15, 0.2) is 6.23 Å². The largest absolute Gasteiger partial charge is 0.497 e. The number of benzene rings is 4. The molecule has 360 valence electrons. The maximum absolute atomic E-state index is 14.3. The molecule has 16 nitrogen and oxygen atoms in total. The SMILES string of the molecule is CNC(=O)CCO[C@@H]1[C@H](OP(OCCC#N)N(C(C)C)C(C)C)[C@@H](COC(c2ccccc2)(c2ccc(OC)cc2)c2ccc(OC)cc2)O[C@H]1n1cc(C)c(NC(=O)c2ccccc2)nc1=O. The summed E-state index contributed by atoms with van der Waals surface area (Å²) in [6.45, 7) is 9.72. The number of amides is 2. The zero-order chi connectivity index (χ0) is 48.8. The lowest BCUT2D eigenvalue weighted by Gasteiger charge is -2.39. The van der Waals surface area contributed by atoms with Gasteiger partial charge in [-0.15, -0.1) is 0 Å². The highest BCUT2D eigenvalue weighted by molar-refractivity contribution is 7.44. The van der Waals surface area contributed by atoms with Crippen LogP contribution in [0.15, 0.2) is 120 Å². The van der Waals surface area contributed by atoms with Crippen molar-refractivity contribution in [1.29, 1.82) is 5.26 Å². The highest BCUT2D eigenvalue weighted by Crippen LogP contribution is 2.51. The van der Waals surface area contributed by atoms with Gasteiger partial charge in [0.05, 0.1) is 46.5 Å². The summed E-state index contributed by atoms with van der Waals surface area (Å²) in [6.07, 6.45) is -2.57. The molecule has 0 radical (unpaired) electrons. The highest BCUT2D eigenvalue weighted by atomic mass is 31.2. The number of aryl methyl sites for hydroxylation is 1. The van der Waals surface area contributed by atoms with Gasteiger partial charge in [-0.05, 0) is 87.7 Å². The molecule has 0 bridgehead atoms. The van der Waals surface area contributed by atoms with E-state index in [0.29, 0.717) is 22.6 Å². The topological polar surface area (TPSA) is 185 Å². The summed E-state index contributed by atoms with van der Waals surface area (Å²) < 4.78 is 49.1. The van der Waals surface area contributed by atoms with E-state index in [-0.39, 0.29) is 56.5 Å². The number of nitrogens with one attached hydrogen (secondary N) is 2. The second-order valence-corrected chi connectivity index (χ2v) is 17.9. The molecule has 2 amide bonds. The van der Waals surface area contributed by atoms with Crippen molar-refractivity contribution in [3.63, 3.8) is 0 Å². The van der Waals surface area contributed by atoms with Crippen molar-refractivity contribution in [1.82, 2.24) is 19.5 Å². The van der Waals surface area contributed by atoms with Crippen LogP contribution in [0.25, 0.3) is 0 Å². The number of carbonyl (C=O) groups is 2. The molecule has 5 aromatic rings. The molecule has 1 aliphatic rings. The van der Waals surface area contributed by atoms with Crippen LogP contribution in [0.1, 0.15) is 79.4 Å². The van der Waals surface area contributed by atoms with Crippen LogP contribution < -0.4 is 25.8 Å². The lowest BCUT2D eigenvalue weighted by Crippen LogP contribution is -2.43. The van der Waals surface area contributed by atoms with Gasteiger partial charge in [-0.1, -0.05) is 72.8 Å². The Kier molecular flexibility index (Phi) is 18.4. The van der Waals surface area contributed by atoms with Crippen molar-refractivity contribution in [2.75, 3.05) is 46.4 Å². The number of carbonyl (C=O) groups excluding carboxylic acids is 2. The minimum atomic E-state index is -1.92. The Balaban J connectivity index is 1.51. The van der Waals surface area contributed by atoms with Crippen LogP contribution in [-0.2, 0) is 33.7 Å². The fourth-order valence-corrected chi connectivity index (χ4v) is 9.88. The number of hydrogen-bond donors (Lipinski definition) is 2. The van der Waals surface area contributed by atoms with E-state index >= 15 is 0 Å². The van der Waals surface area contributed by atoms with E-state index in [4.69, 9.17) is 32.7 Å². The van der Waals surface area contributed by atoms with Crippen molar-refractivity contribution >= 4 is 26.2 Å². The summed E-state index contributed by atoms with van der Waals surface area (Å²) in [5, 5.41) is 14.9. The fraction of sp³-hybridized carbons (Fsp3) is 0.392. The molecule has 0 aliphatic carbocycles. The normalized spacial score (nSPS) is 17.5. The van der Waals surface area contributed by atoms with Gasteiger partial charge in [0.25, 0.3) is 14.4 Å². The number of rotatable bonds is 23. The van der Waals surface area contributed by atoms with Crippen LogP contribution in [0.2, 0.25) is 0 Å². The lowest BCUT2D eigenvalue weighted by atomic mass is 9.80. The van der Waals surface area contributed by atoms with Gasteiger partial charge in [0.1, 0.15) is 41.2 Å². The predicted octanol–water partition coefficient (Wildman–Crippen LogP) is 7.91. The molecule has 1 saturated heterocycles. The van der Waals surface area contributed by atoms with Crippen LogP contribution in [0.4, 0.5) is 5.82 Å². The van der Waals surface area contributed by atoms with Crippen LogP contribution in [-0.4, -0.2) is 97.5 Å². The quantitative estimate of drug-likeness (QED) is 0.0366. The first-order valence-corrected chi connectivity index (χ1v) is 23.7. The third-order valence-corrected chi connectivity index (χ3v) is 13.5. The summed E-state index contributed by atoms with van der Waals surface area (Å²) in [7, 11) is 2.83. The molecule has 4 aromatic carbocycles. The summed E-state index contributed by atoms with van der Waals surface area (Å²) in [4.78, 5) is 44.5. The molecule has 0 spiro atoms. The molecule has 1 unspecified atom stereocenters. The minimum Gasteiger partial charge on any atom is -0.497 e. The van der Waals surface area contributed by atoms with Gasteiger partial charge in [0.2, 0.25) is 5.91 Å². The van der Waals surface area contributed by atoms with E-state index in [1.807, 2.05) is 107 Å². The minimum absolute atomic E-state index is 0.00611. The number of anilines is 1. The van der Waals surface area contributed by atoms with Crippen LogP contribution in [0, 0.1) is 18.3 Å². The van der Waals surface area contributed by atoms with E-state index < -0.39 is 50.3 Å². The number of methoxy groups -OCH3 is 2. The van der Waals surface area contributed by atoms with Crippen molar-refractivity contribution in [3.8, 4) is 17.6 Å². The summed E-state index contributed by atoms with van der Waals surface area (Å²) in [5.74, 6) is 0.695.